The second-order valence-electron chi connectivity index (χ2n) is 6.13. The molecule has 0 aliphatic rings. The van der Waals surface area contributed by atoms with E-state index in [0.29, 0.717) is 34.9 Å². The first kappa shape index (κ1) is 17.8. The topological polar surface area (TPSA) is 105 Å². The van der Waals surface area contributed by atoms with E-state index in [4.69, 9.17) is 4.52 Å². The maximum absolute atomic E-state index is 12.3. The summed E-state index contributed by atoms with van der Waals surface area (Å²) in [6.07, 6.45) is 2.35. The summed E-state index contributed by atoms with van der Waals surface area (Å²) in [7, 11) is 1.67. The molecule has 0 spiro atoms. The number of nitrogens with one attached hydrogen (secondary N) is 1. The van der Waals surface area contributed by atoms with Gasteiger partial charge in [0.05, 0.1) is 17.4 Å². The fourth-order valence-electron chi connectivity index (χ4n) is 2.64. The Balaban J connectivity index is 1.61. The molecule has 0 bridgehead atoms. The van der Waals surface area contributed by atoms with Crippen molar-refractivity contribution >= 4 is 16.8 Å². The van der Waals surface area contributed by atoms with Crippen LogP contribution in [0.2, 0.25) is 0 Å². The number of carbonyl (C=O) groups excluding carboxylic acids is 1. The summed E-state index contributed by atoms with van der Waals surface area (Å²) in [5.41, 5.74) is 0.405. The van der Waals surface area contributed by atoms with Crippen molar-refractivity contribution in [3.63, 3.8) is 0 Å². The van der Waals surface area contributed by atoms with Crippen LogP contribution in [0.3, 0.4) is 0 Å². The molecule has 0 aliphatic carbocycles. The van der Waals surface area contributed by atoms with Crippen molar-refractivity contribution in [2.24, 2.45) is 0 Å². The molecule has 3 rings (SSSR count). The van der Waals surface area contributed by atoms with E-state index in [9.17, 15) is 9.59 Å². The van der Waals surface area contributed by atoms with Gasteiger partial charge in [-0.3, -0.25) is 9.59 Å². The van der Waals surface area contributed by atoms with Gasteiger partial charge >= 0.3 is 0 Å². The normalized spacial score (nSPS) is 11.0. The molecule has 136 valence electrons. The fourth-order valence-corrected chi connectivity index (χ4v) is 2.64. The first-order valence-corrected chi connectivity index (χ1v) is 8.60. The molecule has 3 aromatic rings. The Bertz CT molecular complexity index is 963. The highest BCUT2D eigenvalue weighted by atomic mass is 16.5. The monoisotopic (exact) mass is 355 g/mol. The van der Waals surface area contributed by atoms with Gasteiger partial charge in [-0.05, 0) is 18.6 Å². The second-order valence-corrected chi connectivity index (χ2v) is 6.13. The van der Waals surface area contributed by atoms with Gasteiger partial charge in [0.1, 0.15) is 5.82 Å². The average Bonchev–Trinajstić information content (AvgIpc) is 3.07. The second kappa shape index (κ2) is 7.90. The standard InChI is InChI=1S/C18H21N5O3/c1-3-6-14-20-16(26-22-14)9-10-17(24)23(2)11-15-19-13-8-5-4-7-12(13)18(25)21-15/h4-5,7-8H,3,6,9-11H2,1-2H3,(H,19,21,25). The van der Waals surface area contributed by atoms with Gasteiger partial charge in [0.2, 0.25) is 11.8 Å². The molecule has 0 unspecified atom stereocenters. The maximum Gasteiger partial charge on any atom is 0.258 e. The van der Waals surface area contributed by atoms with Gasteiger partial charge in [0.25, 0.3) is 5.56 Å². The summed E-state index contributed by atoms with van der Waals surface area (Å²) < 4.78 is 5.14. The summed E-state index contributed by atoms with van der Waals surface area (Å²) in [5.74, 6) is 1.50. The van der Waals surface area contributed by atoms with Crippen LogP contribution in [-0.4, -0.2) is 38.0 Å². The molecule has 0 radical (unpaired) electrons. The van der Waals surface area contributed by atoms with Gasteiger partial charge in [-0.15, -0.1) is 0 Å². The molecule has 8 heteroatoms. The predicted molar refractivity (Wildman–Crippen MR) is 95.5 cm³/mol. The first-order chi connectivity index (χ1) is 12.6. The van der Waals surface area contributed by atoms with Crippen LogP contribution in [0.4, 0.5) is 0 Å². The van der Waals surface area contributed by atoms with E-state index in [2.05, 4.69) is 20.1 Å². The Morgan fingerprint density at radius 3 is 2.85 bits per heavy atom. The molecule has 26 heavy (non-hydrogen) atoms. The van der Waals surface area contributed by atoms with Crippen molar-refractivity contribution in [2.75, 3.05) is 7.05 Å². The Labute approximate surface area is 150 Å². The van der Waals surface area contributed by atoms with E-state index in [0.717, 1.165) is 12.8 Å². The molecular formula is C18H21N5O3. The quantitative estimate of drug-likeness (QED) is 0.693. The number of aromatic amines is 1. The molecule has 0 aliphatic heterocycles. The van der Waals surface area contributed by atoms with Gasteiger partial charge in [0.15, 0.2) is 5.82 Å². The van der Waals surface area contributed by atoms with E-state index < -0.39 is 0 Å². The number of benzene rings is 1. The van der Waals surface area contributed by atoms with Gasteiger partial charge in [-0.25, -0.2) is 4.98 Å². The van der Waals surface area contributed by atoms with Crippen molar-refractivity contribution in [3.8, 4) is 0 Å². The molecule has 1 amide bonds. The lowest BCUT2D eigenvalue weighted by molar-refractivity contribution is -0.130. The van der Waals surface area contributed by atoms with Crippen molar-refractivity contribution in [3.05, 3.63) is 52.2 Å². The lowest BCUT2D eigenvalue weighted by Gasteiger charge is -2.16. The number of aryl methyl sites for hydroxylation is 2. The van der Waals surface area contributed by atoms with Crippen LogP contribution in [-0.2, 0) is 24.2 Å². The Morgan fingerprint density at radius 2 is 2.04 bits per heavy atom. The third kappa shape index (κ3) is 4.14. The number of carbonyl (C=O) groups is 1. The SMILES string of the molecule is CCCc1noc(CCC(=O)N(C)Cc2nc3ccccc3c(=O)[nH]2)n1. The smallest absolute Gasteiger partial charge is 0.258 e. The van der Waals surface area contributed by atoms with Crippen LogP contribution in [0.25, 0.3) is 10.9 Å². The minimum absolute atomic E-state index is 0.0870. The Morgan fingerprint density at radius 1 is 1.23 bits per heavy atom. The highest BCUT2D eigenvalue weighted by Gasteiger charge is 2.14. The number of H-pyrrole nitrogens is 1. The molecule has 0 fully saturated rings. The summed E-state index contributed by atoms with van der Waals surface area (Å²) in [6.45, 7) is 2.27. The molecule has 0 saturated carbocycles. The van der Waals surface area contributed by atoms with Crippen molar-refractivity contribution in [1.29, 1.82) is 0 Å². The molecule has 8 nitrogen and oxygen atoms in total. The molecule has 1 aromatic carbocycles. The number of para-hydroxylation sites is 1. The minimum atomic E-state index is -0.208. The van der Waals surface area contributed by atoms with Crippen LogP contribution in [0.15, 0.2) is 33.6 Å². The zero-order chi connectivity index (χ0) is 18.5. The van der Waals surface area contributed by atoms with Crippen LogP contribution in [0, 0.1) is 0 Å². The van der Waals surface area contributed by atoms with Crippen LogP contribution < -0.4 is 5.56 Å². The lowest BCUT2D eigenvalue weighted by Crippen LogP contribution is -2.28. The van der Waals surface area contributed by atoms with Crippen molar-refractivity contribution in [2.45, 2.75) is 39.2 Å². The third-order valence-corrected chi connectivity index (χ3v) is 4.01. The van der Waals surface area contributed by atoms with Gasteiger partial charge in [-0.1, -0.05) is 24.2 Å². The number of aromatic nitrogens is 4. The molecule has 2 heterocycles. The third-order valence-electron chi connectivity index (χ3n) is 4.01. The van der Waals surface area contributed by atoms with E-state index >= 15 is 0 Å². The predicted octanol–water partition coefficient (Wildman–Crippen LogP) is 1.85. The average molecular weight is 355 g/mol. The summed E-state index contributed by atoms with van der Waals surface area (Å²) in [5, 5.41) is 4.41. The van der Waals surface area contributed by atoms with Crippen LogP contribution in [0.5, 0.6) is 0 Å². The summed E-state index contributed by atoms with van der Waals surface area (Å²) in [6, 6.07) is 7.11. The number of hydrogen-bond donors (Lipinski definition) is 1. The number of rotatable bonds is 7. The molecule has 1 N–H and O–H groups in total. The van der Waals surface area contributed by atoms with E-state index in [-0.39, 0.29) is 24.4 Å². The van der Waals surface area contributed by atoms with E-state index in [1.165, 1.54) is 4.90 Å². The van der Waals surface area contributed by atoms with Crippen LogP contribution >= 0.6 is 0 Å². The summed E-state index contributed by atoms with van der Waals surface area (Å²) in [4.78, 5) is 37.3. The number of amides is 1. The van der Waals surface area contributed by atoms with Gasteiger partial charge in [-0.2, -0.15) is 4.98 Å². The minimum Gasteiger partial charge on any atom is -0.339 e. The van der Waals surface area contributed by atoms with Gasteiger partial charge in [0, 0.05) is 26.3 Å². The van der Waals surface area contributed by atoms with Crippen molar-refractivity contribution in [1.82, 2.24) is 25.0 Å². The first-order valence-electron chi connectivity index (χ1n) is 8.60. The number of fused-ring (bicyclic) bond motifs is 1. The van der Waals surface area contributed by atoms with Gasteiger partial charge < -0.3 is 14.4 Å². The number of nitrogens with zero attached hydrogens (tertiary/aromatic N) is 4. The largest absolute Gasteiger partial charge is 0.339 e. The van der Waals surface area contributed by atoms with Crippen LogP contribution in [0.1, 0.15) is 37.3 Å². The molecular weight excluding hydrogens is 334 g/mol. The van der Waals surface area contributed by atoms with E-state index in [1.807, 2.05) is 13.0 Å². The maximum atomic E-state index is 12.3. The van der Waals surface area contributed by atoms with Crippen molar-refractivity contribution < 1.29 is 9.32 Å². The molecule has 0 saturated heterocycles. The summed E-state index contributed by atoms with van der Waals surface area (Å²) >= 11 is 0. The lowest BCUT2D eigenvalue weighted by atomic mass is 10.2. The highest BCUT2D eigenvalue weighted by molar-refractivity contribution is 5.77. The zero-order valence-corrected chi connectivity index (χ0v) is 14.9. The Kier molecular flexibility index (Phi) is 5.40. The van der Waals surface area contributed by atoms with E-state index in [1.54, 1.807) is 25.2 Å². The fraction of sp³-hybridized carbons (Fsp3) is 0.389. The molecule has 0 atom stereocenters. The highest BCUT2D eigenvalue weighted by Crippen LogP contribution is 2.08. The number of hydrogen-bond acceptors (Lipinski definition) is 6. The Hall–Kier alpha value is -3.03. The zero-order valence-electron chi connectivity index (χ0n) is 14.9. The molecule has 2 aromatic heterocycles.